The van der Waals surface area contributed by atoms with Gasteiger partial charge in [0.1, 0.15) is 11.5 Å². The van der Waals surface area contributed by atoms with E-state index < -0.39 is 11.5 Å². The van der Waals surface area contributed by atoms with Crippen LogP contribution < -0.4 is 0 Å². The Morgan fingerprint density at radius 2 is 2.12 bits per heavy atom. The lowest BCUT2D eigenvalue weighted by molar-refractivity contribution is -0.154. The summed E-state index contributed by atoms with van der Waals surface area (Å²) in [5.41, 5.74) is 0.260. The largest absolute Gasteiger partial charge is 0.459 e. The third-order valence-corrected chi connectivity index (χ3v) is 7.09. The molecule has 0 radical (unpaired) electrons. The second kappa shape index (κ2) is 5.97. The number of ether oxygens (including phenoxy) is 2. The van der Waals surface area contributed by atoms with Gasteiger partial charge in [0.15, 0.2) is 0 Å². The zero-order valence-corrected chi connectivity index (χ0v) is 15.7. The molecule has 138 valence electrons. The predicted octanol–water partition coefficient (Wildman–Crippen LogP) is 3.13. The van der Waals surface area contributed by atoms with Crippen molar-refractivity contribution in [2.24, 2.45) is 22.7 Å². The number of carbonyl (C=O) groups is 2. The molecule has 1 aliphatic heterocycles. The maximum atomic E-state index is 12.5. The molecule has 1 heterocycles. The number of esters is 2. The van der Waals surface area contributed by atoms with E-state index in [1.807, 2.05) is 13.8 Å². The first-order valence-electron chi connectivity index (χ1n) is 9.07. The van der Waals surface area contributed by atoms with Crippen LogP contribution in [0.2, 0.25) is 0 Å². The van der Waals surface area contributed by atoms with Gasteiger partial charge in [0.2, 0.25) is 0 Å². The summed E-state index contributed by atoms with van der Waals surface area (Å²) in [7, 11) is 0. The number of hydrogen-bond donors (Lipinski definition) is 1. The molecule has 0 amide bonds. The van der Waals surface area contributed by atoms with E-state index in [1.165, 1.54) is 6.26 Å². The van der Waals surface area contributed by atoms with Gasteiger partial charge in [-0.15, -0.1) is 0 Å². The maximum Gasteiger partial charge on any atom is 0.333 e. The van der Waals surface area contributed by atoms with Gasteiger partial charge in [0, 0.05) is 5.57 Å². The molecule has 6 atom stereocenters. The highest BCUT2D eigenvalue weighted by Gasteiger charge is 2.67. The van der Waals surface area contributed by atoms with E-state index in [9.17, 15) is 14.7 Å². The first kappa shape index (κ1) is 18.2. The van der Waals surface area contributed by atoms with Crippen molar-refractivity contribution in [3.8, 4) is 0 Å². The number of allylic oxidation sites excluding steroid dienone is 1. The Labute approximate surface area is 149 Å². The number of carbonyl (C=O) groups excluding carboxylic acids is 2. The Morgan fingerprint density at radius 3 is 2.68 bits per heavy atom. The molecule has 3 rings (SSSR count). The topological polar surface area (TPSA) is 72.8 Å². The van der Waals surface area contributed by atoms with Crippen molar-refractivity contribution in [2.75, 3.05) is 0 Å². The zero-order chi connectivity index (χ0) is 18.6. The summed E-state index contributed by atoms with van der Waals surface area (Å²) in [5, 5.41) is 11.1. The third kappa shape index (κ3) is 2.47. The number of hydrogen-bond acceptors (Lipinski definition) is 5. The van der Waals surface area contributed by atoms with E-state index >= 15 is 0 Å². The molecular weight excluding hydrogens is 320 g/mol. The fourth-order valence-corrected chi connectivity index (χ4v) is 5.06. The van der Waals surface area contributed by atoms with Gasteiger partial charge in [0.05, 0.1) is 12.4 Å². The van der Waals surface area contributed by atoms with Crippen molar-refractivity contribution in [1.29, 1.82) is 0 Å². The summed E-state index contributed by atoms with van der Waals surface area (Å²) in [6.07, 6.45) is 4.08. The zero-order valence-electron chi connectivity index (χ0n) is 15.7. The molecular formula is C20H28O5. The van der Waals surface area contributed by atoms with Crippen LogP contribution in [-0.4, -0.2) is 29.3 Å². The van der Waals surface area contributed by atoms with Gasteiger partial charge < -0.3 is 14.6 Å². The predicted molar refractivity (Wildman–Crippen MR) is 92.2 cm³/mol. The first-order valence-corrected chi connectivity index (χ1v) is 9.07. The van der Waals surface area contributed by atoms with Crippen LogP contribution >= 0.6 is 0 Å². The van der Waals surface area contributed by atoms with E-state index in [-0.39, 0.29) is 35.3 Å². The van der Waals surface area contributed by atoms with Gasteiger partial charge >= 0.3 is 11.9 Å². The fourth-order valence-electron chi connectivity index (χ4n) is 5.06. The molecule has 0 saturated heterocycles. The monoisotopic (exact) mass is 348 g/mol. The summed E-state index contributed by atoms with van der Waals surface area (Å²) in [4.78, 5) is 24.6. The third-order valence-electron chi connectivity index (χ3n) is 7.09. The lowest BCUT2D eigenvalue weighted by atomic mass is 9.62. The molecule has 1 spiro atoms. The van der Waals surface area contributed by atoms with Crippen LogP contribution in [0.25, 0.3) is 0 Å². The molecule has 0 aromatic heterocycles. The Bertz CT molecular complexity index is 663. The van der Waals surface area contributed by atoms with Crippen LogP contribution in [-0.2, 0) is 19.1 Å². The minimum Gasteiger partial charge on any atom is -0.459 e. The van der Waals surface area contributed by atoms with Crippen LogP contribution in [0.3, 0.4) is 0 Å². The highest BCUT2D eigenvalue weighted by molar-refractivity contribution is 5.87. The Balaban J connectivity index is 1.87. The van der Waals surface area contributed by atoms with E-state index in [0.29, 0.717) is 18.4 Å². The molecule has 0 bridgehead atoms. The molecule has 5 heteroatoms. The van der Waals surface area contributed by atoms with Crippen molar-refractivity contribution in [3.05, 3.63) is 23.5 Å². The van der Waals surface area contributed by atoms with Crippen molar-refractivity contribution in [3.63, 3.8) is 0 Å². The second-order valence-electron chi connectivity index (χ2n) is 8.28. The van der Waals surface area contributed by atoms with E-state index in [4.69, 9.17) is 9.47 Å². The highest BCUT2D eigenvalue weighted by Crippen LogP contribution is 2.65. The lowest BCUT2D eigenvalue weighted by Gasteiger charge is -2.45. The number of aliphatic hydroxyl groups is 1. The van der Waals surface area contributed by atoms with Crippen LogP contribution in [0.15, 0.2) is 23.5 Å². The molecule has 5 nitrogen and oxygen atoms in total. The van der Waals surface area contributed by atoms with Crippen molar-refractivity contribution < 1.29 is 24.2 Å². The second-order valence-corrected chi connectivity index (χ2v) is 8.28. The van der Waals surface area contributed by atoms with Gasteiger partial charge in [-0.1, -0.05) is 19.9 Å². The van der Waals surface area contributed by atoms with Gasteiger partial charge in [0.25, 0.3) is 0 Å². The molecule has 25 heavy (non-hydrogen) atoms. The van der Waals surface area contributed by atoms with E-state index in [0.717, 1.165) is 12.0 Å². The fraction of sp³-hybridized carbons (Fsp3) is 0.700. The van der Waals surface area contributed by atoms with Gasteiger partial charge in [-0.25, -0.2) is 4.79 Å². The lowest BCUT2D eigenvalue weighted by Crippen LogP contribution is -2.44. The summed E-state index contributed by atoms with van der Waals surface area (Å²) < 4.78 is 10.8. The normalized spacial score (nSPS) is 43.7. The average molecular weight is 348 g/mol. The Morgan fingerprint density at radius 1 is 1.44 bits per heavy atom. The Hall–Kier alpha value is -1.62. The number of fused-ring (bicyclic) bond motifs is 1. The molecule has 0 aromatic rings. The molecule has 3 aliphatic rings. The quantitative estimate of drug-likeness (QED) is 0.613. The van der Waals surface area contributed by atoms with Crippen molar-refractivity contribution in [1.82, 2.24) is 0 Å². The smallest absolute Gasteiger partial charge is 0.333 e. The molecule has 0 aromatic carbocycles. The SMILES string of the molecule is CC=C(C)C(=O)OC1CC(C)C2(C)CC3(C(=O)OC=C3C)C(O)C2C1. The van der Waals surface area contributed by atoms with Gasteiger partial charge in [-0.3, -0.25) is 4.79 Å². The van der Waals surface area contributed by atoms with Gasteiger partial charge in [-0.05, 0) is 62.9 Å². The first-order chi connectivity index (χ1) is 11.7. The number of aliphatic hydroxyl groups excluding tert-OH is 1. The number of rotatable bonds is 2. The summed E-state index contributed by atoms with van der Waals surface area (Å²) >= 11 is 0. The van der Waals surface area contributed by atoms with Crippen molar-refractivity contribution >= 4 is 11.9 Å². The molecule has 2 fully saturated rings. The van der Waals surface area contributed by atoms with Crippen LogP contribution in [0.4, 0.5) is 0 Å². The Kier molecular flexibility index (Phi) is 4.34. The average Bonchev–Trinajstić information content (AvgIpc) is 2.98. The minimum atomic E-state index is -0.939. The minimum absolute atomic E-state index is 0.103. The highest BCUT2D eigenvalue weighted by atomic mass is 16.5. The van der Waals surface area contributed by atoms with Crippen LogP contribution in [0, 0.1) is 22.7 Å². The molecule has 1 N–H and O–H groups in total. The summed E-state index contributed by atoms with van der Waals surface area (Å²) in [5.74, 6) is -0.528. The molecule has 2 saturated carbocycles. The summed E-state index contributed by atoms with van der Waals surface area (Å²) in [6.45, 7) is 9.67. The molecule has 6 unspecified atom stereocenters. The van der Waals surface area contributed by atoms with Crippen molar-refractivity contribution in [2.45, 2.75) is 66.1 Å². The van der Waals surface area contributed by atoms with E-state index in [2.05, 4.69) is 13.8 Å². The van der Waals surface area contributed by atoms with Crippen LogP contribution in [0.1, 0.15) is 53.9 Å². The van der Waals surface area contributed by atoms with E-state index in [1.54, 1.807) is 13.0 Å². The summed E-state index contributed by atoms with van der Waals surface area (Å²) in [6, 6.07) is 0. The number of cyclic esters (lactones) is 1. The maximum absolute atomic E-state index is 12.5. The standard InChI is InChI=1S/C20H28O5/c1-6-11(2)17(22)25-14-7-12(3)19(5)10-20(16(21)15(19)8-14)13(4)9-24-18(20)23/h6,9,12,14-16,21H,7-8,10H2,1-5H3. The van der Waals surface area contributed by atoms with Gasteiger partial charge in [-0.2, -0.15) is 0 Å². The van der Waals surface area contributed by atoms with Crippen LogP contribution in [0.5, 0.6) is 0 Å². The molecule has 2 aliphatic carbocycles.